The average Bonchev–Trinajstić information content (AvgIpc) is 1.24. The number of carbonyl (C=O) groups excluding carboxylic acids is 11. The minimum Gasteiger partial charge on any atom is -0.497 e. The van der Waals surface area contributed by atoms with E-state index in [1.165, 1.54) is 49.0 Å². The number of amides is 11. The molecular formula is C78H110N22O20. The highest BCUT2D eigenvalue weighted by Gasteiger charge is 2.44. The van der Waals surface area contributed by atoms with Crippen LogP contribution in [0.25, 0.3) is 21.9 Å². The quantitative estimate of drug-likeness (QED) is 0.00627. The molecule has 11 amide bonds. The fourth-order valence-electron chi connectivity index (χ4n) is 14.4. The van der Waals surface area contributed by atoms with Gasteiger partial charge >= 0.3 is 11.6 Å². The number of anilines is 1. The Morgan fingerprint density at radius 2 is 1.22 bits per heavy atom. The molecule has 0 bridgehead atoms. The van der Waals surface area contributed by atoms with Crippen LogP contribution in [0.2, 0.25) is 0 Å². The number of aromatic nitrogens is 1. The molecule has 42 nitrogen and oxygen atoms in total. The molecule has 2 saturated heterocycles. The SMILES string of the molecule is COc1ccc2c(CC(=O)N[C@@H](CCCNC(=N)N)C(=O)N3CCC[C@H]3C(=O)N[C@@H](CCCCN)C(=O)N3CCC[C@H]3C(=O)N[C@H](C(=O)N[C@@H](CCC(=O)O)C(=O)N(CC(=O)N[C@@H](Cc3c[nH]c4ccccc34)C(=O)N[C@@H](CCCNC(=N)N)C(=O)N[C@@H](CCCCNc3ccc([N+](=O)[O-])cc3[N+](=O)[O-])C(N)=O)C(C)C)C(C)C)cc(=O)oc2c1. The number of ether oxygens (including phenoxy) is 1. The largest absolute Gasteiger partial charge is 0.497 e. The van der Waals surface area contributed by atoms with Crippen LogP contribution in [0.4, 0.5) is 17.1 Å². The molecule has 0 aliphatic carbocycles. The van der Waals surface area contributed by atoms with Gasteiger partial charge in [0, 0.05) is 92.3 Å². The average molecular weight is 1680 g/mol. The Morgan fingerprint density at radius 1 is 0.633 bits per heavy atom. The lowest BCUT2D eigenvalue weighted by Crippen LogP contribution is -2.60. The van der Waals surface area contributed by atoms with E-state index < -0.39 is 189 Å². The van der Waals surface area contributed by atoms with Crippen LogP contribution in [-0.4, -0.2) is 231 Å². The van der Waals surface area contributed by atoms with E-state index >= 15 is 0 Å². The second kappa shape index (κ2) is 45.6. The van der Waals surface area contributed by atoms with Gasteiger partial charge in [-0.05, 0) is 158 Å². The zero-order chi connectivity index (χ0) is 88.0. The number of fused-ring (bicyclic) bond motifs is 2. The van der Waals surface area contributed by atoms with E-state index in [1.54, 1.807) is 56.4 Å². The molecule has 2 fully saturated rings. The van der Waals surface area contributed by atoms with E-state index in [0.717, 1.165) is 17.0 Å². The van der Waals surface area contributed by atoms with Crippen molar-refractivity contribution in [3.8, 4) is 5.75 Å². The van der Waals surface area contributed by atoms with Crippen LogP contribution in [-0.2, 0) is 70.4 Å². The summed E-state index contributed by atoms with van der Waals surface area (Å²) >= 11 is 0. The number of rotatable bonds is 48. The Kier molecular flexibility index (Phi) is 35.8. The molecule has 3 aromatic carbocycles. The highest BCUT2D eigenvalue weighted by atomic mass is 16.6. The highest BCUT2D eigenvalue weighted by Crippen LogP contribution is 2.31. The van der Waals surface area contributed by atoms with Gasteiger partial charge in [-0.1, -0.05) is 32.0 Å². The summed E-state index contributed by atoms with van der Waals surface area (Å²) in [6.45, 7) is 6.11. The maximum atomic E-state index is 15.0. The van der Waals surface area contributed by atoms with Crippen molar-refractivity contribution >= 4 is 122 Å². The van der Waals surface area contributed by atoms with Crippen molar-refractivity contribution in [1.82, 2.24) is 67.5 Å². The van der Waals surface area contributed by atoms with Gasteiger partial charge in [-0.2, -0.15) is 0 Å². The highest BCUT2D eigenvalue weighted by molar-refractivity contribution is 6.00. The number of primary amides is 1. The number of nitro groups is 2. The second-order valence-electron chi connectivity index (χ2n) is 30.1. The number of para-hydroxylation sites is 1. The number of carboxylic acid groups (broad SMARTS) is 1. The number of unbranched alkanes of at least 4 members (excludes halogenated alkanes) is 2. The minimum absolute atomic E-state index is 0.00251. The Balaban J connectivity index is 1.04. The molecule has 0 radical (unpaired) electrons. The van der Waals surface area contributed by atoms with Crippen LogP contribution in [0.15, 0.2) is 82.1 Å². The number of hydrogen-bond acceptors (Lipinski definition) is 23. The fraction of sp³-hybridized carbons (Fsp3) is 0.526. The van der Waals surface area contributed by atoms with Gasteiger partial charge in [0.2, 0.25) is 65.0 Å². The molecule has 2 aromatic heterocycles. The van der Waals surface area contributed by atoms with Gasteiger partial charge in [-0.25, -0.2) is 4.79 Å². The summed E-state index contributed by atoms with van der Waals surface area (Å²) in [5.74, 6) is -11.4. The van der Waals surface area contributed by atoms with Gasteiger partial charge < -0.3 is 110 Å². The lowest BCUT2D eigenvalue weighted by molar-refractivity contribution is -0.393. The number of benzene rings is 3. The van der Waals surface area contributed by atoms with Gasteiger partial charge in [0.15, 0.2) is 11.9 Å². The molecule has 0 spiro atoms. The van der Waals surface area contributed by atoms with Crippen LogP contribution in [0.5, 0.6) is 5.75 Å². The monoisotopic (exact) mass is 1670 g/mol. The first kappa shape index (κ1) is 94.1. The van der Waals surface area contributed by atoms with Crippen molar-refractivity contribution in [3.05, 3.63) is 115 Å². The number of nitrogens with one attached hydrogen (secondary N) is 13. The van der Waals surface area contributed by atoms with Crippen LogP contribution >= 0.6 is 0 Å². The number of aliphatic carboxylic acids is 1. The maximum absolute atomic E-state index is 15.0. The molecule has 652 valence electrons. The number of nitro benzene ring substituents is 2. The summed E-state index contributed by atoms with van der Waals surface area (Å²) in [7, 11) is 1.44. The Labute approximate surface area is 690 Å². The normalized spacial score (nSPS) is 15.5. The number of carbonyl (C=O) groups is 12. The van der Waals surface area contributed by atoms with Crippen molar-refractivity contribution in [2.45, 2.75) is 204 Å². The molecule has 120 heavy (non-hydrogen) atoms. The van der Waals surface area contributed by atoms with Crippen molar-refractivity contribution < 1.29 is 81.6 Å². The molecule has 2 aliphatic rings. The number of nitrogens with two attached hydrogens (primary N) is 4. The van der Waals surface area contributed by atoms with Gasteiger partial charge in [0.1, 0.15) is 71.4 Å². The van der Waals surface area contributed by atoms with Crippen molar-refractivity contribution in [2.24, 2.45) is 28.9 Å². The third kappa shape index (κ3) is 27.5. The van der Waals surface area contributed by atoms with Crippen LogP contribution in [0, 0.1) is 37.0 Å². The first-order chi connectivity index (χ1) is 57.1. The van der Waals surface area contributed by atoms with E-state index in [2.05, 4.69) is 58.2 Å². The number of guanidine groups is 2. The smallest absolute Gasteiger partial charge is 0.336 e. The van der Waals surface area contributed by atoms with Gasteiger partial charge in [0.25, 0.3) is 11.4 Å². The third-order valence-corrected chi connectivity index (χ3v) is 20.6. The molecule has 5 aromatic rings. The van der Waals surface area contributed by atoms with Gasteiger partial charge in [-0.3, -0.25) is 88.6 Å². The number of nitrogens with zero attached hydrogens (tertiary/aromatic N) is 5. The number of likely N-dealkylation sites (tertiary alicyclic amines) is 2. The summed E-state index contributed by atoms with van der Waals surface area (Å²) in [5.41, 5.74) is 22.6. The summed E-state index contributed by atoms with van der Waals surface area (Å²) in [6, 6.07) is 2.96. The van der Waals surface area contributed by atoms with Crippen LogP contribution < -0.4 is 86.5 Å². The summed E-state index contributed by atoms with van der Waals surface area (Å²) < 4.78 is 10.6. The van der Waals surface area contributed by atoms with Crippen LogP contribution in [0.3, 0.4) is 0 Å². The molecule has 22 N–H and O–H groups in total. The summed E-state index contributed by atoms with van der Waals surface area (Å²) in [6.07, 6.45) is 2.24. The standard InChI is InChI=1S/C78H110N22O20/c1-43(2)67(95-72(110)60-23-15-35-97(60)75(113)56(19-8-10-30-79)93-71(109)59-22-14-34-96(59)74(112)55(21-13-33-87-78(83)84)89-63(101)37-45-38-66(105)120-62-40-48(119-5)25-26-50(45)62)73(111)94-57(28-29-65(103)104)76(114)98(44(3)4)42-64(102)90-58(36-46-41-88-51-17-7-6-16-49(46)51)70(108)92-54(20-12-32-86-77(81)82)69(107)91-53(68(80)106)18-9-11-31-85-52-27-24-47(99(115)116)39-61(52)100(117)118/h6-7,16-17,24-27,38-41,43-44,53-60,67,85,88H,8-15,18-23,28-37,42,79H2,1-5H3,(H2,80,106)(H,89,101)(H,90,102)(H,91,107)(H,92,108)(H,93,109)(H,94,111)(H,95,110)(H,103,104)(H4,81,82,86)(H4,83,84,87)/t53-,54-,55-,56-,57-,58-,59-,60-,67-/m0/s1. The van der Waals surface area contributed by atoms with Gasteiger partial charge in [0.05, 0.1) is 36.0 Å². The predicted octanol–water partition coefficient (Wildman–Crippen LogP) is 0.441. The number of methoxy groups -OCH3 is 1. The molecule has 4 heterocycles. The Hall–Kier alpha value is -13.0. The number of non-ortho nitro benzene ring substituents is 1. The second-order valence-corrected chi connectivity index (χ2v) is 30.1. The molecule has 42 heteroatoms. The zero-order valence-electron chi connectivity index (χ0n) is 67.7. The molecule has 0 saturated carbocycles. The lowest BCUT2D eigenvalue weighted by Gasteiger charge is -2.33. The van der Waals surface area contributed by atoms with E-state index in [-0.39, 0.29) is 134 Å². The molecule has 2 aliphatic heterocycles. The Bertz CT molecular complexity index is 4610. The van der Waals surface area contributed by atoms with E-state index in [0.29, 0.717) is 58.8 Å². The van der Waals surface area contributed by atoms with Crippen molar-refractivity contribution in [3.63, 3.8) is 0 Å². The first-order valence-corrected chi connectivity index (χ1v) is 39.8. The lowest BCUT2D eigenvalue weighted by atomic mass is 10.0. The topological polar surface area (TPSA) is 648 Å². The fourth-order valence-corrected chi connectivity index (χ4v) is 14.4. The van der Waals surface area contributed by atoms with Crippen molar-refractivity contribution in [1.29, 1.82) is 10.8 Å². The predicted molar refractivity (Wildman–Crippen MR) is 439 cm³/mol. The van der Waals surface area contributed by atoms with E-state index in [1.807, 2.05) is 0 Å². The molecule has 7 rings (SSSR count). The summed E-state index contributed by atoms with van der Waals surface area (Å²) in [5, 5.41) is 76.4. The van der Waals surface area contributed by atoms with Crippen molar-refractivity contribution in [2.75, 3.05) is 58.2 Å². The summed E-state index contributed by atoms with van der Waals surface area (Å²) in [4.78, 5) is 212. The zero-order valence-corrected chi connectivity index (χ0v) is 67.7. The number of hydrogen-bond donors (Lipinski definition) is 18. The number of carboxylic acids is 1. The molecular weight excluding hydrogens is 1560 g/mol. The van der Waals surface area contributed by atoms with E-state index in [4.69, 9.17) is 42.9 Å². The maximum Gasteiger partial charge on any atom is 0.336 e. The molecule has 0 unspecified atom stereocenters. The number of H-pyrrole nitrogens is 1. The Morgan fingerprint density at radius 3 is 1.82 bits per heavy atom. The number of aromatic amines is 1. The third-order valence-electron chi connectivity index (χ3n) is 20.6. The van der Waals surface area contributed by atoms with Crippen LogP contribution in [0.1, 0.15) is 142 Å². The molecule has 9 atom stereocenters. The van der Waals surface area contributed by atoms with Gasteiger partial charge in [-0.15, -0.1) is 0 Å². The first-order valence-electron chi connectivity index (χ1n) is 39.8. The minimum atomic E-state index is -1.66. The van der Waals surface area contributed by atoms with E-state index in [9.17, 15) is 87.7 Å².